The first-order valence-corrected chi connectivity index (χ1v) is 7.17. The van der Waals surface area contributed by atoms with Gasteiger partial charge in [-0.3, -0.25) is 4.79 Å². The summed E-state index contributed by atoms with van der Waals surface area (Å²) in [6.45, 7) is 0.206. The number of aromatic nitrogens is 4. The van der Waals surface area contributed by atoms with E-state index in [0.29, 0.717) is 16.4 Å². The first-order chi connectivity index (χ1) is 10.7. The number of imidazole rings is 1. The molecule has 2 aromatic heterocycles. The van der Waals surface area contributed by atoms with Gasteiger partial charge < -0.3 is 4.57 Å². The highest BCUT2D eigenvalue weighted by Crippen LogP contribution is 2.19. The van der Waals surface area contributed by atoms with Crippen molar-refractivity contribution in [2.45, 2.75) is 6.54 Å². The number of para-hydroxylation sites is 2. The molecule has 0 fully saturated rings. The van der Waals surface area contributed by atoms with Crippen molar-refractivity contribution in [2.75, 3.05) is 0 Å². The molecule has 22 heavy (non-hydrogen) atoms. The number of hydrogen-bond donors (Lipinski definition) is 0. The van der Waals surface area contributed by atoms with Gasteiger partial charge in [-0.25, -0.2) is 0 Å². The molecule has 108 valence electrons. The van der Waals surface area contributed by atoms with Crippen LogP contribution in [0.3, 0.4) is 0 Å². The van der Waals surface area contributed by atoms with Crippen LogP contribution in [0.1, 0.15) is 10.4 Å². The molecule has 0 N–H and O–H groups in total. The van der Waals surface area contributed by atoms with Gasteiger partial charge in [-0.2, -0.15) is 14.6 Å². The summed E-state index contributed by atoms with van der Waals surface area (Å²) in [5.41, 5.74) is 2.49. The predicted octanol–water partition coefficient (Wildman–Crippen LogP) is 3.22. The van der Waals surface area contributed by atoms with Crippen LogP contribution in [0.4, 0.5) is 0 Å². The lowest BCUT2D eigenvalue weighted by molar-refractivity contribution is 0.0974. The van der Waals surface area contributed by atoms with E-state index in [1.165, 1.54) is 6.33 Å². The third-order valence-electron chi connectivity index (χ3n) is 3.64. The maximum absolute atomic E-state index is 12.5. The van der Waals surface area contributed by atoms with E-state index in [-0.39, 0.29) is 12.3 Å². The number of benzene rings is 2. The lowest BCUT2D eigenvalue weighted by Crippen LogP contribution is -2.10. The van der Waals surface area contributed by atoms with Crippen LogP contribution in [-0.4, -0.2) is 24.9 Å². The smallest absolute Gasteiger partial charge is 0.233 e. The van der Waals surface area contributed by atoms with Crippen molar-refractivity contribution in [1.82, 2.24) is 19.2 Å². The van der Waals surface area contributed by atoms with Crippen LogP contribution in [0.5, 0.6) is 0 Å². The Labute approximate surface area is 130 Å². The molecule has 0 aliphatic carbocycles. The van der Waals surface area contributed by atoms with E-state index in [0.717, 1.165) is 11.0 Å². The van der Waals surface area contributed by atoms with Gasteiger partial charge in [0.25, 0.3) is 0 Å². The fourth-order valence-corrected chi connectivity index (χ4v) is 2.72. The van der Waals surface area contributed by atoms with E-state index in [1.807, 2.05) is 28.8 Å². The molecular formula is C16H11ClN4O. The van der Waals surface area contributed by atoms with Gasteiger partial charge in [0, 0.05) is 10.6 Å². The summed E-state index contributed by atoms with van der Waals surface area (Å²) in [6.07, 6.45) is 1.49. The van der Waals surface area contributed by atoms with Crippen LogP contribution in [0.15, 0.2) is 54.9 Å². The maximum Gasteiger partial charge on any atom is 0.233 e. The summed E-state index contributed by atoms with van der Waals surface area (Å²) in [5, 5.41) is 4.83. The Morgan fingerprint density at radius 3 is 2.55 bits per heavy atom. The molecule has 0 spiro atoms. The molecule has 5 nitrogen and oxygen atoms in total. The molecule has 4 rings (SSSR count). The van der Waals surface area contributed by atoms with Crippen LogP contribution in [0.2, 0.25) is 5.02 Å². The average molecular weight is 311 g/mol. The molecule has 6 heteroatoms. The molecule has 0 aliphatic rings. The molecule has 0 atom stereocenters. The number of rotatable bonds is 3. The van der Waals surface area contributed by atoms with Gasteiger partial charge >= 0.3 is 0 Å². The number of hydrogen-bond acceptors (Lipinski definition) is 3. The number of carbonyl (C=O) groups excluding carboxylic acids is 1. The second-order valence-electron chi connectivity index (χ2n) is 4.98. The van der Waals surface area contributed by atoms with E-state index in [4.69, 9.17) is 11.6 Å². The Hall–Kier alpha value is -2.66. The lowest BCUT2D eigenvalue weighted by atomic mass is 10.1. The zero-order chi connectivity index (χ0) is 15.1. The summed E-state index contributed by atoms with van der Waals surface area (Å²) in [5.74, 6) is 0.659. The quantitative estimate of drug-likeness (QED) is 0.546. The second-order valence-corrected chi connectivity index (χ2v) is 5.41. The number of carbonyl (C=O) groups is 1. The van der Waals surface area contributed by atoms with Crippen LogP contribution in [0.25, 0.3) is 16.8 Å². The minimum Gasteiger partial charge on any atom is -0.300 e. The standard InChI is InChI=1S/C16H11ClN4O/c17-12-7-5-11(6-8-12)15(22)9-20-13-3-1-2-4-14(13)21-16(20)18-10-19-21/h1-8,10H,9H2. The summed E-state index contributed by atoms with van der Waals surface area (Å²) < 4.78 is 3.61. The number of fused-ring (bicyclic) bond motifs is 3. The topological polar surface area (TPSA) is 52.2 Å². The van der Waals surface area contributed by atoms with Crippen molar-refractivity contribution in [3.8, 4) is 0 Å². The summed E-state index contributed by atoms with van der Waals surface area (Å²) in [7, 11) is 0. The van der Waals surface area contributed by atoms with Gasteiger partial charge in [0.2, 0.25) is 5.78 Å². The van der Waals surface area contributed by atoms with Gasteiger partial charge in [-0.1, -0.05) is 23.7 Å². The zero-order valence-corrected chi connectivity index (χ0v) is 12.2. The summed E-state index contributed by atoms with van der Waals surface area (Å²) >= 11 is 5.86. The highest BCUT2D eigenvalue weighted by Gasteiger charge is 2.15. The van der Waals surface area contributed by atoms with Gasteiger partial charge in [-0.05, 0) is 36.4 Å². The minimum absolute atomic E-state index is 0.00270. The monoisotopic (exact) mass is 310 g/mol. The first-order valence-electron chi connectivity index (χ1n) is 6.80. The molecule has 0 saturated heterocycles. The third kappa shape index (κ3) is 1.98. The molecular weight excluding hydrogens is 300 g/mol. The SMILES string of the molecule is O=C(Cn1c2ccccc2n2ncnc12)c1ccc(Cl)cc1. The van der Waals surface area contributed by atoms with Crippen molar-refractivity contribution in [2.24, 2.45) is 0 Å². The Morgan fingerprint density at radius 1 is 1.05 bits per heavy atom. The molecule has 0 unspecified atom stereocenters. The van der Waals surface area contributed by atoms with Crippen molar-refractivity contribution in [1.29, 1.82) is 0 Å². The average Bonchev–Trinajstić information content (AvgIpc) is 3.11. The molecule has 0 saturated carbocycles. The van der Waals surface area contributed by atoms with E-state index in [9.17, 15) is 4.79 Å². The van der Waals surface area contributed by atoms with E-state index >= 15 is 0 Å². The minimum atomic E-state index is 0.00270. The van der Waals surface area contributed by atoms with Crippen molar-refractivity contribution in [3.05, 3.63) is 65.4 Å². The van der Waals surface area contributed by atoms with E-state index in [2.05, 4.69) is 10.1 Å². The lowest BCUT2D eigenvalue weighted by Gasteiger charge is -2.04. The first kappa shape index (κ1) is 13.0. The molecule has 0 aliphatic heterocycles. The number of halogens is 1. The fraction of sp³-hybridized carbons (Fsp3) is 0.0625. The Kier molecular flexibility index (Phi) is 2.94. The molecule has 0 bridgehead atoms. The third-order valence-corrected chi connectivity index (χ3v) is 3.89. The second kappa shape index (κ2) is 4.96. The zero-order valence-electron chi connectivity index (χ0n) is 11.5. The summed E-state index contributed by atoms with van der Waals surface area (Å²) in [6, 6.07) is 14.7. The molecule has 2 heterocycles. The predicted molar refractivity (Wildman–Crippen MR) is 84.3 cm³/mol. The fourth-order valence-electron chi connectivity index (χ4n) is 2.60. The Morgan fingerprint density at radius 2 is 1.77 bits per heavy atom. The Balaban J connectivity index is 1.81. The van der Waals surface area contributed by atoms with E-state index in [1.54, 1.807) is 28.8 Å². The molecule has 0 radical (unpaired) electrons. The molecule has 0 amide bonds. The van der Waals surface area contributed by atoms with Gasteiger partial charge in [0.15, 0.2) is 5.78 Å². The molecule has 4 aromatic rings. The van der Waals surface area contributed by atoms with E-state index < -0.39 is 0 Å². The number of ketones is 1. The normalized spacial score (nSPS) is 11.3. The van der Waals surface area contributed by atoms with Crippen LogP contribution in [-0.2, 0) is 6.54 Å². The molecule has 2 aromatic carbocycles. The van der Waals surface area contributed by atoms with Crippen LogP contribution < -0.4 is 0 Å². The Bertz CT molecular complexity index is 984. The maximum atomic E-state index is 12.5. The van der Waals surface area contributed by atoms with Crippen molar-refractivity contribution in [3.63, 3.8) is 0 Å². The highest BCUT2D eigenvalue weighted by atomic mass is 35.5. The van der Waals surface area contributed by atoms with Gasteiger partial charge in [0.05, 0.1) is 17.6 Å². The van der Waals surface area contributed by atoms with Crippen molar-refractivity contribution < 1.29 is 4.79 Å². The van der Waals surface area contributed by atoms with Crippen molar-refractivity contribution >= 4 is 34.2 Å². The number of Topliss-reactive ketones (excluding diaryl/α,β-unsaturated/α-hetero) is 1. The largest absolute Gasteiger partial charge is 0.300 e. The van der Waals surface area contributed by atoms with Crippen LogP contribution >= 0.6 is 11.6 Å². The van der Waals surface area contributed by atoms with Gasteiger partial charge in [-0.15, -0.1) is 0 Å². The highest BCUT2D eigenvalue weighted by molar-refractivity contribution is 6.30. The van der Waals surface area contributed by atoms with Gasteiger partial charge in [0.1, 0.15) is 6.33 Å². The number of nitrogens with zero attached hydrogens (tertiary/aromatic N) is 4. The summed E-state index contributed by atoms with van der Waals surface area (Å²) in [4.78, 5) is 16.8. The van der Waals surface area contributed by atoms with Crippen LogP contribution in [0, 0.1) is 0 Å².